The number of hydrogen-bond donors (Lipinski definition) is 0. The molecule has 1 aliphatic rings. The van der Waals surface area contributed by atoms with Crippen LogP contribution in [0.4, 0.5) is 0 Å². The number of hydrogen-bond acceptors (Lipinski definition) is 0. The molecule has 0 heteroatoms. The molecule has 0 nitrogen and oxygen atoms in total. The van der Waals surface area contributed by atoms with Crippen molar-refractivity contribution in [3.8, 4) is 0 Å². The van der Waals surface area contributed by atoms with Crippen molar-refractivity contribution >= 4 is 0 Å². The van der Waals surface area contributed by atoms with Gasteiger partial charge in [-0.15, -0.1) is 0 Å². The topological polar surface area (TPSA) is 0 Å². The van der Waals surface area contributed by atoms with Crippen LogP contribution in [0.25, 0.3) is 0 Å². The molecule has 0 radical (unpaired) electrons. The molecule has 0 bridgehead atoms. The summed E-state index contributed by atoms with van der Waals surface area (Å²) in [7, 11) is 0. The maximum Gasteiger partial charge on any atom is 0.119 e. The zero-order chi connectivity index (χ0) is 16.2. The fourth-order valence-electron chi connectivity index (χ4n) is 4.09. The van der Waals surface area contributed by atoms with Gasteiger partial charge in [0.25, 0.3) is 0 Å². The fraction of sp³-hybridized carbons (Fsp3) is 0.857. The van der Waals surface area contributed by atoms with E-state index < -0.39 is 0 Å². The first-order chi connectivity index (χ1) is 9.72. The SMILES string of the molecule is C=C(C1[CH+]C(CC(C)CC(C)C)CC1)C(C)C(C)C(C)C. The number of rotatable bonds is 8. The summed E-state index contributed by atoms with van der Waals surface area (Å²) in [6.45, 7) is 21.0. The van der Waals surface area contributed by atoms with Crippen LogP contribution in [0, 0.1) is 47.8 Å². The molecule has 0 aromatic heterocycles. The summed E-state index contributed by atoms with van der Waals surface area (Å²) < 4.78 is 0. The molecule has 1 aliphatic carbocycles. The summed E-state index contributed by atoms with van der Waals surface area (Å²) in [5.74, 6) is 5.35. The predicted octanol–water partition coefficient (Wildman–Crippen LogP) is 6.77. The third kappa shape index (κ3) is 5.72. The molecule has 0 aromatic carbocycles. The van der Waals surface area contributed by atoms with E-state index in [0.29, 0.717) is 11.8 Å². The van der Waals surface area contributed by atoms with E-state index >= 15 is 0 Å². The van der Waals surface area contributed by atoms with Gasteiger partial charge in [0.05, 0.1) is 12.3 Å². The minimum atomic E-state index is 0.651. The third-order valence-corrected chi connectivity index (χ3v) is 5.83. The van der Waals surface area contributed by atoms with Gasteiger partial charge in [0.15, 0.2) is 0 Å². The van der Waals surface area contributed by atoms with E-state index in [9.17, 15) is 0 Å². The monoisotopic (exact) mass is 291 g/mol. The van der Waals surface area contributed by atoms with Crippen molar-refractivity contribution in [3.63, 3.8) is 0 Å². The lowest BCUT2D eigenvalue weighted by atomic mass is 9.77. The average molecular weight is 292 g/mol. The highest BCUT2D eigenvalue weighted by molar-refractivity contribution is 5.14. The van der Waals surface area contributed by atoms with Crippen molar-refractivity contribution in [1.82, 2.24) is 0 Å². The van der Waals surface area contributed by atoms with Crippen LogP contribution in [0.5, 0.6) is 0 Å². The van der Waals surface area contributed by atoms with E-state index in [1.807, 2.05) is 0 Å². The molecular formula is C21H39+. The maximum absolute atomic E-state index is 4.47. The first kappa shape index (κ1) is 18.7. The second kappa shape index (κ2) is 8.30. The first-order valence-electron chi connectivity index (χ1n) is 9.26. The normalized spacial score (nSPS) is 26.7. The Morgan fingerprint density at radius 2 is 1.67 bits per heavy atom. The highest BCUT2D eigenvalue weighted by atomic mass is 14.4. The Morgan fingerprint density at radius 1 is 1.05 bits per heavy atom. The van der Waals surface area contributed by atoms with Crippen LogP contribution >= 0.6 is 0 Å². The van der Waals surface area contributed by atoms with Gasteiger partial charge in [-0.1, -0.05) is 55.0 Å². The molecular weight excluding hydrogens is 252 g/mol. The van der Waals surface area contributed by atoms with Gasteiger partial charge in [-0.3, -0.25) is 0 Å². The van der Waals surface area contributed by atoms with Gasteiger partial charge in [-0.2, -0.15) is 0 Å². The molecule has 0 saturated heterocycles. The predicted molar refractivity (Wildman–Crippen MR) is 96.1 cm³/mol. The Morgan fingerprint density at radius 3 is 2.19 bits per heavy atom. The van der Waals surface area contributed by atoms with Crippen molar-refractivity contribution in [2.75, 3.05) is 0 Å². The van der Waals surface area contributed by atoms with Gasteiger partial charge in [-0.25, -0.2) is 0 Å². The summed E-state index contributed by atoms with van der Waals surface area (Å²) >= 11 is 0. The minimum absolute atomic E-state index is 0.651. The Labute approximate surface area is 134 Å². The Bertz CT molecular complexity index is 312. The van der Waals surface area contributed by atoms with E-state index in [1.54, 1.807) is 0 Å². The van der Waals surface area contributed by atoms with Crippen LogP contribution in [0.3, 0.4) is 0 Å². The van der Waals surface area contributed by atoms with Gasteiger partial charge < -0.3 is 0 Å². The van der Waals surface area contributed by atoms with Gasteiger partial charge in [-0.05, 0) is 60.8 Å². The summed E-state index contributed by atoms with van der Waals surface area (Å²) in [6.07, 6.45) is 8.12. The van der Waals surface area contributed by atoms with Crippen LogP contribution in [0.2, 0.25) is 0 Å². The Balaban J connectivity index is 2.45. The second-order valence-electron chi connectivity index (χ2n) is 8.57. The lowest BCUT2D eigenvalue weighted by Crippen LogP contribution is -2.19. The molecule has 5 unspecified atom stereocenters. The van der Waals surface area contributed by atoms with Crippen molar-refractivity contribution in [3.05, 3.63) is 18.6 Å². The fourth-order valence-corrected chi connectivity index (χ4v) is 4.09. The Hall–Kier alpha value is -0.390. The molecule has 21 heavy (non-hydrogen) atoms. The zero-order valence-electron chi connectivity index (χ0n) is 15.7. The van der Waals surface area contributed by atoms with Crippen LogP contribution in [0.15, 0.2) is 12.2 Å². The van der Waals surface area contributed by atoms with Gasteiger partial charge >= 0.3 is 0 Å². The molecule has 1 rings (SSSR count). The van der Waals surface area contributed by atoms with E-state index in [1.165, 1.54) is 31.3 Å². The van der Waals surface area contributed by atoms with Crippen LogP contribution in [-0.2, 0) is 0 Å². The highest BCUT2D eigenvalue weighted by Gasteiger charge is 2.38. The molecule has 0 aromatic rings. The van der Waals surface area contributed by atoms with E-state index in [-0.39, 0.29) is 0 Å². The first-order valence-corrected chi connectivity index (χ1v) is 9.26. The minimum Gasteiger partial charge on any atom is -0.0951 e. The molecule has 5 atom stereocenters. The standard InChI is InChI=1S/C21H39/c1-14(2)11-16(5)12-20-9-10-21(13-20)19(8)18(7)17(6)15(3)4/h13-18,20-21H,8-12H2,1-7H3/q+1. The molecule has 0 spiro atoms. The maximum atomic E-state index is 4.47. The molecule has 1 saturated carbocycles. The van der Waals surface area contributed by atoms with Crippen LogP contribution in [0.1, 0.15) is 74.1 Å². The van der Waals surface area contributed by atoms with Crippen molar-refractivity contribution < 1.29 is 0 Å². The summed E-state index contributed by atoms with van der Waals surface area (Å²) in [5.41, 5.74) is 1.50. The van der Waals surface area contributed by atoms with E-state index in [2.05, 4.69) is 61.5 Å². The number of allylic oxidation sites excluding steroid dienone is 1. The summed E-state index contributed by atoms with van der Waals surface area (Å²) in [6, 6.07) is 0. The highest BCUT2D eigenvalue weighted by Crippen LogP contribution is 2.42. The van der Waals surface area contributed by atoms with Gasteiger partial charge in [0, 0.05) is 0 Å². The summed E-state index contributed by atoms with van der Waals surface area (Å²) in [4.78, 5) is 0. The zero-order valence-corrected chi connectivity index (χ0v) is 15.7. The van der Waals surface area contributed by atoms with Crippen molar-refractivity contribution in [2.24, 2.45) is 41.4 Å². The Kier molecular flexibility index (Phi) is 7.37. The molecule has 0 amide bonds. The molecule has 122 valence electrons. The smallest absolute Gasteiger partial charge is 0.0951 e. The van der Waals surface area contributed by atoms with E-state index in [4.69, 9.17) is 0 Å². The van der Waals surface area contributed by atoms with Crippen molar-refractivity contribution in [1.29, 1.82) is 0 Å². The second-order valence-corrected chi connectivity index (χ2v) is 8.57. The van der Waals surface area contributed by atoms with Crippen LogP contribution in [-0.4, -0.2) is 0 Å². The van der Waals surface area contributed by atoms with Crippen molar-refractivity contribution in [2.45, 2.75) is 74.1 Å². The molecule has 0 heterocycles. The third-order valence-electron chi connectivity index (χ3n) is 5.83. The molecule has 1 fully saturated rings. The lowest BCUT2D eigenvalue weighted by molar-refractivity contribution is 0.316. The van der Waals surface area contributed by atoms with Crippen LogP contribution < -0.4 is 0 Å². The quantitative estimate of drug-likeness (QED) is 0.342. The van der Waals surface area contributed by atoms with E-state index in [0.717, 1.165) is 29.6 Å². The molecule has 0 N–H and O–H groups in total. The lowest BCUT2D eigenvalue weighted by Gasteiger charge is -2.26. The average Bonchev–Trinajstić information content (AvgIpc) is 2.83. The summed E-state index contributed by atoms with van der Waals surface area (Å²) in [5, 5.41) is 0. The molecule has 0 aliphatic heterocycles. The van der Waals surface area contributed by atoms with Gasteiger partial charge in [0.2, 0.25) is 0 Å². The van der Waals surface area contributed by atoms with Gasteiger partial charge in [0.1, 0.15) is 5.92 Å². The largest absolute Gasteiger partial charge is 0.119 e.